The number of nitrogens with two attached hydrogens (primary N) is 1. The van der Waals surface area contributed by atoms with E-state index in [9.17, 15) is 0 Å². The smallest absolute Gasteiger partial charge is 0.128 e. The maximum Gasteiger partial charge on any atom is 0.128 e. The summed E-state index contributed by atoms with van der Waals surface area (Å²) in [5.41, 5.74) is 3.36. The van der Waals surface area contributed by atoms with Gasteiger partial charge in [0.25, 0.3) is 0 Å². The Balaban J connectivity index is 3.26. The van der Waals surface area contributed by atoms with Gasteiger partial charge in [0.1, 0.15) is 5.75 Å². The molecule has 0 aliphatic rings. The highest BCUT2D eigenvalue weighted by atomic mass is 16.6. The van der Waals surface area contributed by atoms with Crippen LogP contribution in [0, 0.1) is 6.92 Å². The SMILES string of the molecule is COc1c(C(C)C)ccc(C)c1CON. The Hall–Kier alpha value is -1.06. The van der Waals surface area contributed by atoms with E-state index in [1.54, 1.807) is 7.11 Å². The van der Waals surface area contributed by atoms with Gasteiger partial charge in [0.05, 0.1) is 13.7 Å². The Morgan fingerprint density at radius 3 is 2.47 bits per heavy atom. The van der Waals surface area contributed by atoms with Crippen LogP contribution in [0.3, 0.4) is 0 Å². The molecule has 0 amide bonds. The summed E-state index contributed by atoms with van der Waals surface area (Å²) in [5, 5.41) is 0. The van der Waals surface area contributed by atoms with Crippen LogP contribution in [-0.2, 0) is 11.4 Å². The average molecular weight is 209 g/mol. The predicted octanol–water partition coefficient (Wildman–Crippen LogP) is 2.52. The number of hydrogen-bond acceptors (Lipinski definition) is 3. The molecule has 0 unspecified atom stereocenters. The highest BCUT2D eigenvalue weighted by molar-refractivity contribution is 5.47. The quantitative estimate of drug-likeness (QED) is 0.775. The zero-order chi connectivity index (χ0) is 11.4. The van der Waals surface area contributed by atoms with E-state index < -0.39 is 0 Å². The van der Waals surface area contributed by atoms with Crippen molar-refractivity contribution in [3.05, 3.63) is 28.8 Å². The van der Waals surface area contributed by atoms with Gasteiger partial charge in [-0.25, -0.2) is 5.90 Å². The average Bonchev–Trinajstić information content (AvgIpc) is 2.20. The first-order chi connectivity index (χ1) is 7.11. The molecular weight excluding hydrogens is 190 g/mol. The van der Waals surface area contributed by atoms with Crippen LogP contribution in [0.25, 0.3) is 0 Å². The molecule has 0 atom stereocenters. The fourth-order valence-corrected chi connectivity index (χ4v) is 1.70. The molecule has 3 heteroatoms. The summed E-state index contributed by atoms with van der Waals surface area (Å²) >= 11 is 0. The van der Waals surface area contributed by atoms with Gasteiger partial charge in [-0.2, -0.15) is 0 Å². The normalized spacial score (nSPS) is 10.8. The Morgan fingerprint density at radius 2 is 2.00 bits per heavy atom. The van der Waals surface area contributed by atoms with Gasteiger partial charge in [-0.15, -0.1) is 0 Å². The minimum atomic E-state index is 0.384. The second kappa shape index (κ2) is 5.14. The van der Waals surface area contributed by atoms with Crippen LogP contribution in [0.1, 0.15) is 36.5 Å². The van der Waals surface area contributed by atoms with Crippen LogP contribution in [0.2, 0.25) is 0 Å². The van der Waals surface area contributed by atoms with E-state index in [-0.39, 0.29) is 0 Å². The van der Waals surface area contributed by atoms with Gasteiger partial charge in [0.2, 0.25) is 0 Å². The molecule has 0 bridgehead atoms. The molecular formula is C12H19NO2. The summed E-state index contributed by atoms with van der Waals surface area (Å²) in [6.45, 7) is 6.69. The fraction of sp³-hybridized carbons (Fsp3) is 0.500. The second-order valence-corrected chi connectivity index (χ2v) is 3.95. The van der Waals surface area contributed by atoms with Gasteiger partial charge in [-0.1, -0.05) is 26.0 Å². The van der Waals surface area contributed by atoms with Crippen molar-refractivity contribution >= 4 is 0 Å². The third-order valence-corrected chi connectivity index (χ3v) is 2.58. The van der Waals surface area contributed by atoms with Crippen LogP contribution in [0.15, 0.2) is 12.1 Å². The van der Waals surface area contributed by atoms with E-state index in [1.165, 1.54) is 5.56 Å². The highest BCUT2D eigenvalue weighted by Gasteiger charge is 2.14. The van der Waals surface area contributed by atoms with Gasteiger partial charge in [0.15, 0.2) is 0 Å². The van der Waals surface area contributed by atoms with Crippen LogP contribution < -0.4 is 10.6 Å². The van der Waals surface area contributed by atoms with Crippen molar-refractivity contribution in [2.75, 3.05) is 7.11 Å². The zero-order valence-electron chi connectivity index (χ0n) is 9.83. The van der Waals surface area contributed by atoms with Crippen molar-refractivity contribution in [2.45, 2.75) is 33.3 Å². The lowest BCUT2D eigenvalue weighted by Gasteiger charge is -2.17. The van der Waals surface area contributed by atoms with Crippen LogP contribution in [0.5, 0.6) is 5.75 Å². The summed E-state index contributed by atoms with van der Waals surface area (Å²) < 4.78 is 5.44. The minimum Gasteiger partial charge on any atom is -0.496 e. The van der Waals surface area contributed by atoms with Crippen molar-refractivity contribution in [1.82, 2.24) is 0 Å². The summed E-state index contributed by atoms with van der Waals surface area (Å²) in [6.07, 6.45) is 0. The van der Waals surface area contributed by atoms with Gasteiger partial charge in [-0.3, -0.25) is 4.84 Å². The topological polar surface area (TPSA) is 44.5 Å². The summed E-state index contributed by atoms with van der Waals surface area (Å²) in [7, 11) is 1.68. The first kappa shape index (κ1) is 12.0. The first-order valence-corrected chi connectivity index (χ1v) is 5.09. The predicted molar refractivity (Wildman–Crippen MR) is 60.8 cm³/mol. The third-order valence-electron chi connectivity index (χ3n) is 2.58. The third kappa shape index (κ3) is 2.49. The molecule has 0 saturated carbocycles. The number of benzene rings is 1. The van der Waals surface area contributed by atoms with Crippen molar-refractivity contribution in [1.29, 1.82) is 0 Å². The van der Waals surface area contributed by atoms with Crippen LogP contribution >= 0.6 is 0 Å². The first-order valence-electron chi connectivity index (χ1n) is 5.09. The molecule has 0 saturated heterocycles. The fourth-order valence-electron chi connectivity index (χ4n) is 1.70. The lowest BCUT2D eigenvalue weighted by Crippen LogP contribution is -2.06. The number of hydrogen-bond donors (Lipinski definition) is 1. The molecule has 1 aromatic carbocycles. The summed E-state index contributed by atoms with van der Waals surface area (Å²) in [5.74, 6) is 6.45. The lowest BCUT2D eigenvalue weighted by atomic mass is 9.96. The second-order valence-electron chi connectivity index (χ2n) is 3.95. The maximum absolute atomic E-state index is 5.44. The van der Waals surface area contributed by atoms with Crippen molar-refractivity contribution in [3.63, 3.8) is 0 Å². The molecule has 15 heavy (non-hydrogen) atoms. The zero-order valence-corrected chi connectivity index (χ0v) is 9.83. The van der Waals surface area contributed by atoms with Crippen molar-refractivity contribution in [2.24, 2.45) is 5.90 Å². The van der Waals surface area contributed by atoms with Crippen LogP contribution in [-0.4, -0.2) is 7.11 Å². The lowest BCUT2D eigenvalue weighted by molar-refractivity contribution is 0.121. The molecule has 0 aliphatic heterocycles. The van der Waals surface area contributed by atoms with E-state index in [4.69, 9.17) is 15.5 Å². The highest BCUT2D eigenvalue weighted by Crippen LogP contribution is 2.32. The molecule has 0 spiro atoms. The molecule has 1 aromatic rings. The van der Waals surface area contributed by atoms with E-state index in [0.29, 0.717) is 12.5 Å². The van der Waals surface area contributed by atoms with Gasteiger partial charge >= 0.3 is 0 Å². The molecule has 1 rings (SSSR count). The Bertz CT molecular complexity index is 335. The summed E-state index contributed by atoms with van der Waals surface area (Å²) in [4.78, 5) is 4.71. The maximum atomic E-state index is 5.44. The molecule has 0 radical (unpaired) electrons. The molecule has 0 fully saturated rings. The molecule has 0 aromatic heterocycles. The van der Waals surface area contributed by atoms with E-state index >= 15 is 0 Å². The van der Waals surface area contributed by atoms with E-state index in [2.05, 4.69) is 26.0 Å². The molecule has 2 N–H and O–H groups in total. The Morgan fingerprint density at radius 1 is 1.33 bits per heavy atom. The largest absolute Gasteiger partial charge is 0.496 e. The van der Waals surface area contributed by atoms with Crippen LogP contribution in [0.4, 0.5) is 0 Å². The number of methoxy groups -OCH3 is 1. The Kier molecular flexibility index (Phi) is 4.12. The number of ether oxygens (including phenoxy) is 1. The molecule has 0 heterocycles. The molecule has 0 aliphatic carbocycles. The van der Waals surface area contributed by atoms with E-state index in [1.807, 2.05) is 6.92 Å². The molecule has 84 valence electrons. The van der Waals surface area contributed by atoms with Gasteiger partial charge in [-0.05, 0) is 24.0 Å². The van der Waals surface area contributed by atoms with Crippen molar-refractivity contribution < 1.29 is 9.57 Å². The number of rotatable bonds is 4. The van der Waals surface area contributed by atoms with E-state index in [0.717, 1.165) is 16.9 Å². The standard InChI is InChI=1S/C12H19NO2/c1-8(2)10-6-5-9(3)11(7-15-13)12(10)14-4/h5-6,8H,7,13H2,1-4H3. The monoisotopic (exact) mass is 209 g/mol. The van der Waals surface area contributed by atoms with Gasteiger partial charge in [0, 0.05) is 5.56 Å². The summed E-state index contributed by atoms with van der Waals surface area (Å²) in [6, 6.07) is 4.17. The van der Waals surface area contributed by atoms with Gasteiger partial charge < -0.3 is 4.74 Å². The number of aryl methyl sites for hydroxylation is 1. The Labute approximate surface area is 91.1 Å². The molecule has 3 nitrogen and oxygen atoms in total. The van der Waals surface area contributed by atoms with Crippen molar-refractivity contribution in [3.8, 4) is 5.75 Å². The minimum absolute atomic E-state index is 0.384.